The largest absolute Gasteiger partial charge is 0.481 e. The van der Waals surface area contributed by atoms with Gasteiger partial charge in [0.2, 0.25) is 0 Å². The first-order valence-corrected chi connectivity index (χ1v) is 6.42. The molecule has 0 saturated carbocycles. The molecule has 90 valence electrons. The fraction of sp³-hybridized carbons (Fsp3) is 0.923. The zero-order valence-corrected chi connectivity index (χ0v) is 10.3. The highest BCUT2D eigenvalue weighted by Crippen LogP contribution is 2.21. The molecule has 0 aliphatic carbocycles. The number of hydrogen-bond acceptors (Lipinski definition) is 1. The Hall–Kier alpha value is -0.530. The zero-order chi connectivity index (χ0) is 11.5. The van der Waals surface area contributed by atoms with Crippen molar-refractivity contribution in [2.45, 2.75) is 71.6 Å². The molecule has 0 rings (SSSR count). The van der Waals surface area contributed by atoms with Gasteiger partial charge >= 0.3 is 5.97 Å². The van der Waals surface area contributed by atoms with Crippen molar-refractivity contribution in [1.29, 1.82) is 0 Å². The van der Waals surface area contributed by atoms with Crippen LogP contribution in [-0.2, 0) is 4.79 Å². The van der Waals surface area contributed by atoms with Crippen molar-refractivity contribution in [3.05, 3.63) is 0 Å². The second-order valence-electron chi connectivity index (χ2n) is 4.44. The van der Waals surface area contributed by atoms with Crippen LogP contribution >= 0.6 is 0 Å². The molecule has 0 bridgehead atoms. The minimum absolute atomic E-state index is 0.346. The molecule has 2 heteroatoms. The number of carboxylic acids is 1. The van der Waals surface area contributed by atoms with E-state index in [4.69, 9.17) is 5.11 Å². The van der Waals surface area contributed by atoms with Gasteiger partial charge in [-0.1, -0.05) is 58.8 Å². The molecular formula is C13H26O2. The molecule has 0 radical (unpaired) electrons. The van der Waals surface area contributed by atoms with Crippen molar-refractivity contribution in [2.24, 2.45) is 5.92 Å². The van der Waals surface area contributed by atoms with Gasteiger partial charge in [-0.2, -0.15) is 0 Å². The molecule has 15 heavy (non-hydrogen) atoms. The molecule has 0 aliphatic heterocycles. The maximum absolute atomic E-state index is 10.5. The third kappa shape index (κ3) is 9.77. The van der Waals surface area contributed by atoms with Crippen molar-refractivity contribution < 1.29 is 9.90 Å². The standard InChI is InChI=1S/C13H26O2/c1-3-5-6-7-9-12(8-4-2)10-11-13(14)15/h12H,3-11H2,1-2H3,(H,14,15). The lowest BCUT2D eigenvalue weighted by molar-refractivity contribution is -0.137. The molecule has 2 nitrogen and oxygen atoms in total. The summed E-state index contributed by atoms with van der Waals surface area (Å²) in [5, 5.41) is 8.64. The summed E-state index contributed by atoms with van der Waals surface area (Å²) in [5.41, 5.74) is 0. The Labute approximate surface area is 94.1 Å². The van der Waals surface area contributed by atoms with E-state index in [0.29, 0.717) is 12.3 Å². The third-order valence-corrected chi connectivity index (χ3v) is 2.93. The van der Waals surface area contributed by atoms with Crippen LogP contribution in [0.5, 0.6) is 0 Å². The van der Waals surface area contributed by atoms with Crippen LogP contribution in [-0.4, -0.2) is 11.1 Å². The van der Waals surface area contributed by atoms with Crippen molar-refractivity contribution >= 4 is 5.97 Å². The second kappa shape index (κ2) is 10.0. The Bertz CT molecular complexity index is 155. The molecule has 0 aromatic carbocycles. The highest BCUT2D eigenvalue weighted by Gasteiger charge is 2.09. The van der Waals surface area contributed by atoms with Gasteiger partial charge < -0.3 is 5.11 Å². The summed E-state index contributed by atoms with van der Waals surface area (Å²) in [4.78, 5) is 10.5. The average molecular weight is 214 g/mol. The van der Waals surface area contributed by atoms with Gasteiger partial charge in [0.05, 0.1) is 0 Å². The normalized spacial score (nSPS) is 12.7. The lowest BCUT2D eigenvalue weighted by atomic mass is 9.92. The molecule has 1 unspecified atom stereocenters. The highest BCUT2D eigenvalue weighted by molar-refractivity contribution is 5.66. The van der Waals surface area contributed by atoms with Gasteiger partial charge in [0.1, 0.15) is 0 Å². The van der Waals surface area contributed by atoms with E-state index in [1.165, 1.54) is 44.9 Å². The Morgan fingerprint density at radius 3 is 2.27 bits per heavy atom. The van der Waals surface area contributed by atoms with Gasteiger partial charge in [-0.3, -0.25) is 4.79 Å². The number of hydrogen-bond donors (Lipinski definition) is 1. The lowest BCUT2D eigenvalue weighted by Crippen LogP contribution is -2.04. The lowest BCUT2D eigenvalue weighted by Gasteiger charge is -2.14. The first kappa shape index (κ1) is 14.5. The number of aliphatic carboxylic acids is 1. The molecule has 1 atom stereocenters. The van der Waals surface area contributed by atoms with Gasteiger partial charge in [0, 0.05) is 6.42 Å². The Morgan fingerprint density at radius 1 is 1.00 bits per heavy atom. The van der Waals surface area contributed by atoms with Crippen LogP contribution in [0.15, 0.2) is 0 Å². The van der Waals surface area contributed by atoms with Gasteiger partial charge in [-0.25, -0.2) is 0 Å². The SMILES string of the molecule is CCCCCCC(CCC)CCC(=O)O. The first-order valence-electron chi connectivity index (χ1n) is 6.42. The van der Waals surface area contributed by atoms with Crippen LogP contribution in [0, 0.1) is 5.92 Å². The van der Waals surface area contributed by atoms with Crippen LogP contribution in [0.25, 0.3) is 0 Å². The van der Waals surface area contributed by atoms with Crippen molar-refractivity contribution in [1.82, 2.24) is 0 Å². The monoisotopic (exact) mass is 214 g/mol. The summed E-state index contributed by atoms with van der Waals surface area (Å²) < 4.78 is 0. The molecule has 0 aliphatic rings. The molecule has 0 amide bonds. The minimum atomic E-state index is -0.648. The van der Waals surface area contributed by atoms with Crippen LogP contribution in [0.1, 0.15) is 71.6 Å². The molecule has 0 heterocycles. The molecule has 0 saturated heterocycles. The van der Waals surface area contributed by atoms with Crippen molar-refractivity contribution in [3.63, 3.8) is 0 Å². The molecular weight excluding hydrogens is 188 g/mol. The van der Waals surface area contributed by atoms with E-state index >= 15 is 0 Å². The van der Waals surface area contributed by atoms with E-state index in [0.717, 1.165) is 6.42 Å². The fourth-order valence-electron chi connectivity index (χ4n) is 2.03. The predicted octanol–water partition coefficient (Wildman–Crippen LogP) is 4.24. The topological polar surface area (TPSA) is 37.3 Å². The van der Waals surface area contributed by atoms with Crippen LogP contribution < -0.4 is 0 Å². The summed E-state index contributed by atoms with van der Waals surface area (Å²) in [6, 6.07) is 0. The Kier molecular flexibility index (Phi) is 9.65. The maximum Gasteiger partial charge on any atom is 0.303 e. The number of rotatable bonds is 10. The predicted molar refractivity (Wildman–Crippen MR) is 64.0 cm³/mol. The molecule has 0 fully saturated rings. The second-order valence-corrected chi connectivity index (χ2v) is 4.44. The van der Waals surface area contributed by atoms with Gasteiger partial charge in [-0.05, 0) is 12.3 Å². The maximum atomic E-state index is 10.5. The van der Waals surface area contributed by atoms with E-state index in [2.05, 4.69) is 13.8 Å². The molecule has 0 aromatic heterocycles. The smallest absolute Gasteiger partial charge is 0.303 e. The molecule has 0 spiro atoms. The average Bonchev–Trinajstić information content (AvgIpc) is 2.20. The van der Waals surface area contributed by atoms with Crippen molar-refractivity contribution in [3.8, 4) is 0 Å². The summed E-state index contributed by atoms with van der Waals surface area (Å²) in [7, 11) is 0. The Balaban J connectivity index is 3.57. The highest BCUT2D eigenvalue weighted by atomic mass is 16.4. The number of carboxylic acid groups (broad SMARTS) is 1. The van der Waals surface area contributed by atoms with Crippen LogP contribution in [0.4, 0.5) is 0 Å². The van der Waals surface area contributed by atoms with E-state index in [1.54, 1.807) is 0 Å². The molecule has 1 N–H and O–H groups in total. The van der Waals surface area contributed by atoms with E-state index in [-0.39, 0.29) is 0 Å². The van der Waals surface area contributed by atoms with Crippen LogP contribution in [0.2, 0.25) is 0 Å². The van der Waals surface area contributed by atoms with Gasteiger partial charge in [-0.15, -0.1) is 0 Å². The van der Waals surface area contributed by atoms with Crippen LogP contribution in [0.3, 0.4) is 0 Å². The minimum Gasteiger partial charge on any atom is -0.481 e. The first-order chi connectivity index (χ1) is 7.20. The van der Waals surface area contributed by atoms with Crippen molar-refractivity contribution in [2.75, 3.05) is 0 Å². The summed E-state index contributed by atoms with van der Waals surface area (Å²) >= 11 is 0. The zero-order valence-electron chi connectivity index (χ0n) is 10.3. The van der Waals surface area contributed by atoms with Gasteiger partial charge in [0.15, 0.2) is 0 Å². The van der Waals surface area contributed by atoms with E-state index < -0.39 is 5.97 Å². The van der Waals surface area contributed by atoms with E-state index in [9.17, 15) is 4.79 Å². The summed E-state index contributed by atoms with van der Waals surface area (Å²) in [6.45, 7) is 4.40. The molecule has 0 aromatic rings. The van der Waals surface area contributed by atoms with Gasteiger partial charge in [0.25, 0.3) is 0 Å². The fourth-order valence-corrected chi connectivity index (χ4v) is 2.03. The van der Waals surface area contributed by atoms with E-state index in [1.807, 2.05) is 0 Å². The number of carbonyl (C=O) groups is 1. The summed E-state index contributed by atoms with van der Waals surface area (Å²) in [5.74, 6) is -0.00684. The quantitative estimate of drug-likeness (QED) is 0.552. The number of unbranched alkanes of at least 4 members (excludes halogenated alkanes) is 3. The Morgan fingerprint density at radius 2 is 1.73 bits per heavy atom. The summed E-state index contributed by atoms with van der Waals surface area (Å²) in [6.07, 6.45) is 9.99. The third-order valence-electron chi connectivity index (χ3n) is 2.93.